The standard InChI is InChI=1S/C12H18O2/c1-11(2)4-6-12(7-5-11)9-10(13)3-8-14-12/h3,8H,4-7,9H2,1-2H3. The van der Waals surface area contributed by atoms with E-state index in [-0.39, 0.29) is 11.4 Å². The Balaban J connectivity index is 2.06. The molecular weight excluding hydrogens is 176 g/mol. The quantitative estimate of drug-likeness (QED) is 0.592. The molecule has 0 aromatic rings. The van der Waals surface area contributed by atoms with E-state index >= 15 is 0 Å². The van der Waals surface area contributed by atoms with E-state index in [0.29, 0.717) is 11.8 Å². The zero-order chi connectivity index (χ0) is 10.2. The minimum absolute atomic E-state index is 0.151. The minimum Gasteiger partial charge on any atom is -0.494 e. The summed E-state index contributed by atoms with van der Waals surface area (Å²) in [4.78, 5) is 11.3. The molecule has 14 heavy (non-hydrogen) atoms. The number of hydrogen-bond acceptors (Lipinski definition) is 2. The van der Waals surface area contributed by atoms with Crippen LogP contribution in [0, 0.1) is 5.41 Å². The molecule has 0 aromatic heterocycles. The van der Waals surface area contributed by atoms with Crippen LogP contribution in [0.1, 0.15) is 46.0 Å². The molecule has 0 atom stereocenters. The summed E-state index contributed by atoms with van der Waals surface area (Å²) in [5.41, 5.74) is 0.278. The first-order chi connectivity index (χ1) is 6.52. The summed E-state index contributed by atoms with van der Waals surface area (Å²) in [5, 5.41) is 0. The molecule has 0 bridgehead atoms. The van der Waals surface area contributed by atoms with Gasteiger partial charge >= 0.3 is 0 Å². The highest BCUT2D eigenvalue weighted by Gasteiger charge is 2.41. The van der Waals surface area contributed by atoms with Gasteiger partial charge in [-0.15, -0.1) is 0 Å². The third-order valence-electron chi connectivity index (χ3n) is 3.58. The molecular formula is C12H18O2. The van der Waals surface area contributed by atoms with E-state index in [1.54, 1.807) is 12.3 Å². The minimum atomic E-state index is -0.151. The lowest BCUT2D eigenvalue weighted by Gasteiger charge is -2.43. The van der Waals surface area contributed by atoms with E-state index in [0.717, 1.165) is 25.7 Å². The Morgan fingerprint density at radius 3 is 2.43 bits per heavy atom. The molecule has 2 nitrogen and oxygen atoms in total. The monoisotopic (exact) mass is 194 g/mol. The molecule has 2 aliphatic rings. The molecule has 1 saturated carbocycles. The van der Waals surface area contributed by atoms with Crippen molar-refractivity contribution in [2.75, 3.05) is 0 Å². The summed E-state index contributed by atoms with van der Waals surface area (Å²) in [6.45, 7) is 4.58. The molecule has 1 aliphatic carbocycles. The average Bonchev–Trinajstić information content (AvgIpc) is 2.12. The Labute approximate surface area is 85.3 Å². The molecule has 0 radical (unpaired) electrons. The first kappa shape index (κ1) is 9.75. The zero-order valence-electron chi connectivity index (χ0n) is 9.01. The molecule has 78 valence electrons. The van der Waals surface area contributed by atoms with Crippen molar-refractivity contribution >= 4 is 5.78 Å². The maximum atomic E-state index is 11.3. The highest BCUT2D eigenvalue weighted by Crippen LogP contribution is 2.44. The third kappa shape index (κ3) is 1.84. The summed E-state index contributed by atoms with van der Waals surface area (Å²) in [5.74, 6) is 0.218. The van der Waals surface area contributed by atoms with Crippen LogP contribution < -0.4 is 0 Å². The Bertz CT molecular complexity index is 266. The molecule has 2 heteroatoms. The zero-order valence-corrected chi connectivity index (χ0v) is 9.01. The summed E-state index contributed by atoms with van der Waals surface area (Å²) in [7, 11) is 0. The van der Waals surface area contributed by atoms with Crippen LogP contribution in [0.15, 0.2) is 12.3 Å². The van der Waals surface area contributed by atoms with Crippen LogP contribution in [0.2, 0.25) is 0 Å². The van der Waals surface area contributed by atoms with Gasteiger partial charge in [-0.05, 0) is 31.1 Å². The molecule has 1 heterocycles. The summed E-state index contributed by atoms with van der Waals surface area (Å²) >= 11 is 0. The second-order valence-electron chi connectivity index (χ2n) is 5.41. The molecule has 2 rings (SSSR count). The van der Waals surface area contributed by atoms with E-state index in [2.05, 4.69) is 13.8 Å². The van der Waals surface area contributed by atoms with Gasteiger partial charge in [-0.2, -0.15) is 0 Å². The highest BCUT2D eigenvalue weighted by molar-refractivity contribution is 5.90. The number of allylic oxidation sites excluding steroid dienone is 1. The lowest BCUT2D eigenvalue weighted by molar-refractivity contribution is -0.126. The van der Waals surface area contributed by atoms with Crippen LogP contribution in [-0.2, 0) is 9.53 Å². The number of ketones is 1. The number of hydrogen-bond donors (Lipinski definition) is 0. The van der Waals surface area contributed by atoms with Gasteiger partial charge in [-0.3, -0.25) is 4.79 Å². The third-order valence-corrected chi connectivity index (χ3v) is 3.58. The number of ether oxygens (including phenoxy) is 1. The van der Waals surface area contributed by atoms with E-state index < -0.39 is 0 Å². The van der Waals surface area contributed by atoms with Crippen molar-refractivity contribution in [1.82, 2.24) is 0 Å². The normalized spacial score (nSPS) is 28.9. The van der Waals surface area contributed by atoms with E-state index in [4.69, 9.17) is 4.74 Å². The van der Waals surface area contributed by atoms with E-state index in [1.807, 2.05) is 0 Å². The fraction of sp³-hybridized carbons (Fsp3) is 0.750. The molecule has 1 fully saturated rings. The van der Waals surface area contributed by atoms with Crippen molar-refractivity contribution < 1.29 is 9.53 Å². The van der Waals surface area contributed by atoms with Crippen molar-refractivity contribution in [3.05, 3.63) is 12.3 Å². The van der Waals surface area contributed by atoms with Gasteiger partial charge in [0.15, 0.2) is 5.78 Å². The van der Waals surface area contributed by atoms with Crippen molar-refractivity contribution in [2.24, 2.45) is 5.41 Å². The van der Waals surface area contributed by atoms with Gasteiger partial charge in [0.05, 0.1) is 12.7 Å². The Morgan fingerprint density at radius 2 is 1.86 bits per heavy atom. The van der Waals surface area contributed by atoms with Crippen LogP contribution >= 0.6 is 0 Å². The van der Waals surface area contributed by atoms with Gasteiger partial charge in [0.25, 0.3) is 0 Å². The van der Waals surface area contributed by atoms with Gasteiger partial charge in [-0.1, -0.05) is 13.8 Å². The van der Waals surface area contributed by atoms with Crippen molar-refractivity contribution in [3.8, 4) is 0 Å². The van der Waals surface area contributed by atoms with Crippen LogP contribution in [0.4, 0.5) is 0 Å². The van der Waals surface area contributed by atoms with Gasteiger partial charge in [0.2, 0.25) is 0 Å². The van der Waals surface area contributed by atoms with Crippen molar-refractivity contribution in [3.63, 3.8) is 0 Å². The van der Waals surface area contributed by atoms with Crippen LogP contribution in [-0.4, -0.2) is 11.4 Å². The molecule has 0 saturated heterocycles. The highest BCUT2D eigenvalue weighted by atomic mass is 16.5. The second-order valence-corrected chi connectivity index (χ2v) is 5.41. The Morgan fingerprint density at radius 1 is 1.21 bits per heavy atom. The SMILES string of the molecule is CC1(C)CCC2(CC1)CC(=O)C=CO2. The van der Waals surface area contributed by atoms with Crippen LogP contribution in [0.5, 0.6) is 0 Å². The van der Waals surface area contributed by atoms with Crippen LogP contribution in [0.3, 0.4) is 0 Å². The molecule has 0 unspecified atom stereocenters. The predicted octanol–water partition coefficient (Wildman–Crippen LogP) is 2.83. The van der Waals surface area contributed by atoms with Gasteiger partial charge < -0.3 is 4.74 Å². The molecule has 1 spiro atoms. The first-order valence-corrected chi connectivity index (χ1v) is 5.39. The second kappa shape index (κ2) is 3.11. The molecule has 0 aromatic carbocycles. The fourth-order valence-electron chi connectivity index (χ4n) is 2.35. The smallest absolute Gasteiger partial charge is 0.162 e. The van der Waals surface area contributed by atoms with Gasteiger partial charge in [0.1, 0.15) is 5.60 Å². The molecule has 0 amide bonds. The molecule has 0 N–H and O–H groups in total. The van der Waals surface area contributed by atoms with Gasteiger partial charge in [0, 0.05) is 6.08 Å². The van der Waals surface area contributed by atoms with Crippen molar-refractivity contribution in [1.29, 1.82) is 0 Å². The lowest BCUT2D eigenvalue weighted by atomic mass is 9.69. The Kier molecular flexibility index (Phi) is 2.17. The maximum Gasteiger partial charge on any atom is 0.162 e. The van der Waals surface area contributed by atoms with Crippen LogP contribution in [0.25, 0.3) is 0 Å². The number of carbonyl (C=O) groups is 1. The van der Waals surface area contributed by atoms with E-state index in [9.17, 15) is 4.79 Å². The van der Waals surface area contributed by atoms with Gasteiger partial charge in [-0.25, -0.2) is 0 Å². The Hall–Kier alpha value is -0.790. The first-order valence-electron chi connectivity index (χ1n) is 5.39. The van der Waals surface area contributed by atoms with Crippen molar-refractivity contribution in [2.45, 2.75) is 51.6 Å². The predicted molar refractivity (Wildman–Crippen MR) is 54.8 cm³/mol. The average molecular weight is 194 g/mol. The fourth-order valence-corrected chi connectivity index (χ4v) is 2.35. The maximum absolute atomic E-state index is 11.3. The van der Waals surface area contributed by atoms with E-state index in [1.165, 1.54) is 0 Å². The lowest BCUT2D eigenvalue weighted by Crippen LogP contribution is -2.41. The number of carbonyl (C=O) groups excluding carboxylic acids is 1. The summed E-state index contributed by atoms with van der Waals surface area (Å²) in [6, 6.07) is 0. The largest absolute Gasteiger partial charge is 0.494 e. The number of rotatable bonds is 0. The molecule has 1 aliphatic heterocycles. The summed E-state index contributed by atoms with van der Waals surface area (Å²) < 4.78 is 5.67. The summed E-state index contributed by atoms with van der Waals surface area (Å²) in [6.07, 6.45) is 8.09. The topological polar surface area (TPSA) is 26.3 Å².